The second kappa shape index (κ2) is 8.11. The molecule has 0 aromatic heterocycles. The summed E-state index contributed by atoms with van der Waals surface area (Å²) in [5.74, 6) is 0.389. The number of piperidine rings is 1. The maximum Gasteiger partial charge on any atom is 0.253 e. The Balaban J connectivity index is 1.67. The summed E-state index contributed by atoms with van der Waals surface area (Å²) in [5.41, 5.74) is 1.12. The molecule has 0 bridgehead atoms. The van der Waals surface area contributed by atoms with Gasteiger partial charge in [-0.15, -0.1) is 0 Å². The number of Topliss-reactive ketones (excluding diaryl/α,β-unsaturated/α-hetero) is 1. The molecule has 25 heavy (non-hydrogen) atoms. The van der Waals surface area contributed by atoms with Crippen LogP contribution < -0.4 is 0 Å². The summed E-state index contributed by atoms with van der Waals surface area (Å²) in [6.45, 7) is 6.13. The highest BCUT2D eigenvalue weighted by Gasteiger charge is 2.36. The van der Waals surface area contributed by atoms with E-state index in [9.17, 15) is 14.7 Å². The topological polar surface area (TPSA) is 60.9 Å². The van der Waals surface area contributed by atoms with Crippen LogP contribution in [0.1, 0.15) is 46.9 Å². The average Bonchev–Trinajstić information content (AvgIpc) is 3.05. The van der Waals surface area contributed by atoms with Gasteiger partial charge >= 0.3 is 0 Å². The lowest BCUT2D eigenvalue weighted by molar-refractivity contribution is 0.0778. The van der Waals surface area contributed by atoms with E-state index in [2.05, 4.69) is 4.90 Å². The van der Waals surface area contributed by atoms with Crippen LogP contribution in [0.2, 0.25) is 0 Å². The van der Waals surface area contributed by atoms with Crippen LogP contribution in [0.25, 0.3) is 0 Å². The molecule has 0 spiro atoms. The molecule has 0 radical (unpaired) electrons. The number of benzene rings is 1. The van der Waals surface area contributed by atoms with E-state index in [-0.39, 0.29) is 24.2 Å². The Labute approximate surface area is 149 Å². The van der Waals surface area contributed by atoms with Crippen LogP contribution in [0.15, 0.2) is 24.3 Å². The van der Waals surface area contributed by atoms with Crippen molar-refractivity contribution in [3.63, 3.8) is 0 Å². The van der Waals surface area contributed by atoms with Gasteiger partial charge in [0.2, 0.25) is 0 Å². The Morgan fingerprint density at radius 2 is 1.76 bits per heavy atom. The van der Waals surface area contributed by atoms with E-state index in [1.165, 1.54) is 26.2 Å². The van der Waals surface area contributed by atoms with Gasteiger partial charge in [0.05, 0.1) is 0 Å². The number of ketones is 1. The van der Waals surface area contributed by atoms with Crippen molar-refractivity contribution in [2.75, 3.05) is 39.3 Å². The summed E-state index contributed by atoms with van der Waals surface area (Å²) in [4.78, 5) is 28.7. The first-order valence-electron chi connectivity index (χ1n) is 9.32. The molecule has 5 heteroatoms. The monoisotopic (exact) mass is 344 g/mol. The molecule has 1 aromatic carbocycles. The van der Waals surface area contributed by atoms with Crippen LogP contribution >= 0.6 is 0 Å². The molecule has 1 aromatic rings. The molecule has 2 atom stereocenters. The van der Waals surface area contributed by atoms with Crippen LogP contribution in [-0.4, -0.2) is 65.9 Å². The van der Waals surface area contributed by atoms with Gasteiger partial charge in [-0.3, -0.25) is 9.59 Å². The van der Waals surface area contributed by atoms with Gasteiger partial charge in [0.25, 0.3) is 5.91 Å². The van der Waals surface area contributed by atoms with Crippen molar-refractivity contribution in [3.05, 3.63) is 35.4 Å². The predicted molar refractivity (Wildman–Crippen MR) is 96.7 cm³/mol. The fourth-order valence-corrected chi connectivity index (χ4v) is 4.05. The van der Waals surface area contributed by atoms with E-state index < -0.39 is 0 Å². The van der Waals surface area contributed by atoms with Crippen molar-refractivity contribution in [2.24, 2.45) is 11.8 Å². The number of carbonyl (C=O) groups is 2. The molecule has 2 fully saturated rings. The van der Waals surface area contributed by atoms with Crippen molar-refractivity contribution in [1.29, 1.82) is 0 Å². The number of hydrogen-bond donors (Lipinski definition) is 1. The van der Waals surface area contributed by atoms with Gasteiger partial charge in [-0.1, -0.05) is 18.6 Å². The molecule has 5 nitrogen and oxygen atoms in total. The Hall–Kier alpha value is -1.72. The molecule has 3 rings (SSSR count). The molecule has 0 aliphatic carbocycles. The zero-order chi connectivity index (χ0) is 17.8. The third kappa shape index (κ3) is 4.28. The van der Waals surface area contributed by atoms with Gasteiger partial charge < -0.3 is 14.9 Å². The molecule has 1 N–H and O–H groups in total. The highest BCUT2D eigenvalue weighted by molar-refractivity contribution is 5.99. The minimum Gasteiger partial charge on any atom is -0.396 e. The van der Waals surface area contributed by atoms with Gasteiger partial charge in [-0.25, -0.2) is 0 Å². The maximum atomic E-state index is 12.8. The number of amides is 1. The number of likely N-dealkylation sites (tertiary alicyclic amines) is 2. The summed E-state index contributed by atoms with van der Waals surface area (Å²) in [6, 6.07) is 6.94. The Morgan fingerprint density at radius 3 is 2.44 bits per heavy atom. The molecule has 1 amide bonds. The third-order valence-electron chi connectivity index (χ3n) is 5.56. The van der Waals surface area contributed by atoms with Crippen molar-refractivity contribution in [1.82, 2.24) is 9.80 Å². The summed E-state index contributed by atoms with van der Waals surface area (Å²) < 4.78 is 0. The smallest absolute Gasteiger partial charge is 0.253 e. The normalized spacial score (nSPS) is 24.5. The summed E-state index contributed by atoms with van der Waals surface area (Å²) in [6.07, 6.45) is 3.80. The average molecular weight is 344 g/mol. The Bertz CT molecular complexity index is 625. The van der Waals surface area contributed by atoms with Gasteiger partial charge in [0.15, 0.2) is 5.78 Å². The fraction of sp³-hybridized carbons (Fsp3) is 0.600. The minimum atomic E-state index is -0.0392. The first-order valence-corrected chi connectivity index (χ1v) is 9.32. The number of hydrogen-bond acceptors (Lipinski definition) is 4. The van der Waals surface area contributed by atoms with Crippen LogP contribution in [0.3, 0.4) is 0 Å². The molecule has 136 valence electrons. The number of rotatable bonds is 5. The number of carbonyl (C=O) groups excluding carboxylic acids is 2. The number of aliphatic hydroxyl groups is 1. The van der Waals surface area contributed by atoms with Crippen LogP contribution in [-0.2, 0) is 0 Å². The molecule has 0 unspecified atom stereocenters. The minimum absolute atomic E-state index is 0.0349. The lowest BCUT2D eigenvalue weighted by Crippen LogP contribution is -2.37. The van der Waals surface area contributed by atoms with Crippen molar-refractivity contribution < 1.29 is 14.7 Å². The Morgan fingerprint density at radius 1 is 1.08 bits per heavy atom. The molecule has 0 saturated carbocycles. The standard InChI is InChI=1S/C20H28N2O3/c1-15(24)16-6-5-7-17(10-16)20(25)22-12-18(19(13-22)14-23)11-21-8-3-2-4-9-21/h5-7,10,18-19,23H,2-4,8-9,11-14H2,1H3/t18-,19-/m1/s1. The van der Waals surface area contributed by atoms with E-state index in [0.29, 0.717) is 30.1 Å². The van der Waals surface area contributed by atoms with Crippen LogP contribution in [0, 0.1) is 11.8 Å². The summed E-state index contributed by atoms with van der Waals surface area (Å²) >= 11 is 0. The van der Waals surface area contributed by atoms with Gasteiger partial charge in [-0.05, 0) is 50.9 Å². The van der Waals surface area contributed by atoms with E-state index >= 15 is 0 Å². The van der Waals surface area contributed by atoms with Crippen molar-refractivity contribution >= 4 is 11.7 Å². The second-order valence-electron chi connectivity index (χ2n) is 7.41. The van der Waals surface area contributed by atoms with Crippen LogP contribution in [0.5, 0.6) is 0 Å². The Kier molecular flexibility index (Phi) is 5.86. The molecule has 2 aliphatic rings. The first-order chi connectivity index (χ1) is 12.1. The zero-order valence-corrected chi connectivity index (χ0v) is 15.0. The first kappa shape index (κ1) is 18.1. The zero-order valence-electron chi connectivity index (χ0n) is 15.0. The van der Waals surface area contributed by atoms with E-state index in [4.69, 9.17) is 0 Å². The molecule has 2 saturated heterocycles. The molecule has 2 heterocycles. The molecule has 2 aliphatic heterocycles. The van der Waals surface area contributed by atoms with Gasteiger partial charge in [-0.2, -0.15) is 0 Å². The fourth-order valence-electron chi connectivity index (χ4n) is 4.05. The highest BCUT2D eigenvalue weighted by Crippen LogP contribution is 2.27. The van der Waals surface area contributed by atoms with E-state index in [1.54, 1.807) is 24.3 Å². The molecular formula is C20H28N2O3. The lowest BCUT2D eigenvalue weighted by atomic mass is 9.95. The largest absolute Gasteiger partial charge is 0.396 e. The SMILES string of the molecule is CC(=O)c1cccc(C(=O)N2C[C@@H](CN3CCCCC3)[C@@H](CO)C2)c1. The van der Waals surface area contributed by atoms with E-state index in [0.717, 1.165) is 19.6 Å². The number of aliphatic hydroxyl groups excluding tert-OH is 1. The predicted octanol–water partition coefficient (Wildman–Crippen LogP) is 2.06. The quantitative estimate of drug-likeness (QED) is 0.831. The van der Waals surface area contributed by atoms with E-state index in [1.807, 2.05) is 4.90 Å². The maximum absolute atomic E-state index is 12.8. The summed E-state index contributed by atoms with van der Waals surface area (Å²) in [7, 11) is 0. The highest BCUT2D eigenvalue weighted by atomic mass is 16.3. The van der Waals surface area contributed by atoms with Gasteiger partial charge in [0, 0.05) is 43.3 Å². The number of nitrogens with zero attached hydrogens (tertiary/aromatic N) is 2. The molecular weight excluding hydrogens is 316 g/mol. The second-order valence-corrected chi connectivity index (χ2v) is 7.41. The van der Waals surface area contributed by atoms with Crippen molar-refractivity contribution in [3.8, 4) is 0 Å². The van der Waals surface area contributed by atoms with Crippen molar-refractivity contribution in [2.45, 2.75) is 26.2 Å². The third-order valence-corrected chi connectivity index (χ3v) is 5.56. The lowest BCUT2D eigenvalue weighted by Gasteiger charge is -2.30. The summed E-state index contributed by atoms with van der Waals surface area (Å²) in [5, 5.41) is 9.75. The van der Waals surface area contributed by atoms with Crippen LogP contribution in [0.4, 0.5) is 0 Å². The van der Waals surface area contributed by atoms with Gasteiger partial charge in [0.1, 0.15) is 0 Å².